The zero-order chi connectivity index (χ0) is 24.2. The van der Waals surface area contributed by atoms with Crippen LogP contribution in [0.1, 0.15) is 32.3 Å². The third kappa shape index (κ3) is 6.47. The molecule has 2 aromatic carbocycles. The van der Waals surface area contributed by atoms with Gasteiger partial charge in [0.15, 0.2) is 0 Å². The highest BCUT2D eigenvalue weighted by molar-refractivity contribution is 7.89. The summed E-state index contributed by atoms with van der Waals surface area (Å²) in [5, 5.41) is 3.27. The molecule has 1 atom stereocenters. The van der Waals surface area contributed by atoms with Gasteiger partial charge in [-0.25, -0.2) is 8.42 Å². The van der Waals surface area contributed by atoms with Gasteiger partial charge in [-0.1, -0.05) is 31.5 Å². The summed E-state index contributed by atoms with van der Waals surface area (Å²) in [6, 6.07) is 11.9. The van der Waals surface area contributed by atoms with Crippen LogP contribution in [0.3, 0.4) is 0 Å². The molecule has 1 heterocycles. The molecule has 9 heteroatoms. The van der Waals surface area contributed by atoms with Crippen LogP contribution in [0.25, 0.3) is 0 Å². The Morgan fingerprint density at radius 3 is 2.58 bits per heavy atom. The van der Waals surface area contributed by atoms with Crippen LogP contribution < -0.4 is 10.2 Å². The Bertz CT molecular complexity index is 1080. The maximum absolute atomic E-state index is 13.6. The van der Waals surface area contributed by atoms with Crippen molar-refractivity contribution in [1.29, 1.82) is 0 Å². The van der Waals surface area contributed by atoms with E-state index >= 15 is 0 Å². The second kappa shape index (κ2) is 10.9. The number of sulfonamides is 1. The number of nitrogens with zero attached hydrogens (tertiary/aromatic N) is 2. The van der Waals surface area contributed by atoms with Crippen molar-refractivity contribution in [3.63, 3.8) is 0 Å². The zero-order valence-electron chi connectivity index (χ0n) is 19.5. The molecule has 2 aromatic rings. The SMILES string of the molecule is CC(C)C(=O)Nc1ccc(N(C)C)c(CN(CC2CCCO2)S(=O)(=O)c2cccc(Cl)c2)c1. The lowest BCUT2D eigenvalue weighted by Crippen LogP contribution is -2.37. The lowest BCUT2D eigenvalue weighted by Gasteiger charge is -2.27. The smallest absolute Gasteiger partial charge is 0.243 e. The molecular weight excluding hydrogens is 462 g/mol. The topological polar surface area (TPSA) is 79.0 Å². The van der Waals surface area contributed by atoms with Crippen LogP contribution in [-0.4, -0.2) is 52.0 Å². The number of hydrogen-bond acceptors (Lipinski definition) is 5. The number of anilines is 2. The Kier molecular flexibility index (Phi) is 8.39. The number of carbonyl (C=O) groups excluding carboxylic acids is 1. The fourth-order valence-corrected chi connectivity index (χ4v) is 5.49. The first-order chi connectivity index (χ1) is 15.6. The molecule has 0 spiro atoms. The van der Waals surface area contributed by atoms with Crippen LogP contribution in [0, 0.1) is 5.92 Å². The first-order valence-corrected chi connectivity index (χ1v) is 12.9. The van der Waals surface area contributed by atoms with Gasteiger partial charge in [-0.05, 0) is 54.8 Å². The van der Waals surface area contributed by atoms with Crippen molar-refractivity contribution in [2.45, 2.75) is 44.2 Å². The second-order valence-electron chi connectivity index (χ2n) is 8.77. The minimum Gasteiger partial charge on any atom is -0.377 e. The first-order valence-electron chi connectivity index (χ1n) is 11.1. The maximum Gasteiger partial charge on any atom is 0.243 e. The monoisotopic (exact) mass is 493 g/mol. The molecular formula is C24H32ClN3O4S. The van der Waals surface area contributed by atoms with Gasteiger partial charge in [0.05, 0.1) is 11.0 Å². The average molecular weight is 494 g/mol. The number of carbonyl (C=O) groups is 1. The Hall–Kier alpha value is -2.13. The summed E-state index contributed by atoms with van der Waals surface area (Å²) < 4.78 is 34.5. The van der Waals surface area contributed by atoms with Gasteiger partial charge in [0.25, 0.3) is 0 Å². The molecule has 1 N–H and O–H groups in total. The lowest BCUT2D eigenvalue weighted by molar-refractivity contribution is -0.118. The number of nitrogens with one attached hydrogen (secondary N) is 1. The minimum atomic E-state index is -3.84. The molecule has 0 aromatic heterocycles. The molecule has 1 amide bonds. The van der Waals surface area contributed by atoms with Crippen LogP contribution in [0.2, 0.25) is 5.02 Å². The predicted molar refractivity (Wildman–Crippen MR) is 132 cm³/mol. The van der Waals surface area contributed by atoms with Crippen LogP contribution in [0.15, 0.2) is 47.4 Å². The Morgan fingerprint density at radius 2 is 1.97 bits per heavy atom. The van der Waals surface area contributed by atoms with E-state index in [0.717, 1.165) is 24.1 Å². The molecule has 1 unspecified atom stereocenters. The van der Waals surface area contributed by atoms with E-state index in [1.165, 1.54) is 10.4 Å². The molecule has 1 aliphatic rings. The van der Waals surface area contributed by atoms with Gasteiger partial charge < -0.3 is 15.0 Å². The molecule has 0 bridgehead atoms. The van der Waals surface area contributed by atoms with E-state index in [2.05, 4.69) is 5.32 Å². The van der Waals surface area contributed by atoms with E-state index in [0.29, 0.717) is 17.3 Å². The van der Waals surface area contributed by atoms with E-state index in [-0.39, 0.29) is 35.9 Å². The minimum absolute atomic E-state index is 0.0960. The van der Waals surface area contributed by atoms with Crippen molar-refractivity contribution in [2.24, 2.45) is 5.92 Å². The van der Waals surface area contributed by atoms with Gasteiger partial charge in [0.1, 0.15) is 0 Å². The van der Waals surface area contributed by atoms with Gasteiger partial charge >= 0.3 is 0 Å². The fourth-order valence-electron chi connectivity index (χ4n) is 3.74. The summed E-state index contributed by atoms with van der Waals surface area (Å²) in [4.78, 5) is 14.3. The molecule has 180 valence electrons. The van der Waals surface area contributed by atoms with Crippen LogP contribution in [0.4, 0.5) is 11.4 Å². The van der Waals surface area contributed by atoms with Crippen molar-refractivity contribution in [3.05, 3.63) is 53.1 Å². The number of halogens is 1. The van der Waals surface area contributed by atoms with Crippen molar-refractivity contribution >= 4 is 38.9 Å². The Labute approximate surface area is 201 Å². The highest BCUT2D eigenvalue weighted by atomic mass is 35.5. The maximum atomic E-state index is 13.6. The summed E-state index contributed by atoms with van der Waals surface area (Å²) >= 11 is 6.09. The largest absolute Gasteiger partial charge is 0.377 e. The van der Waals surface area contributed by atoms with Gasteiger partial charge in [-0.15, -0.1) is 0 Å². The average Bonchev–Trinajstić information content (AvgIpc) is 3.26. The van der Waals surface area contributed by atoms with E-state index in [1.54, 1.807) is 18.2 Å². The van der Waals surface area contributed by atoms with Crippen LogP contribution in [0.5, 0.6) is 0 Å². The number of amides is 1. The summed E-state index contributed by atoms with van der Waals surface area (Å²) in [5.41, 5.74) is 2.29. The van der Waals surface area contributed by atoms with Crippen LogP contribution >= 0.6 is 11.6 Å². The third-order valence-electron chi connectivity index (χ3n) is 5.57. The molecule has 3 rings (SSSR count). The summed E-state index contributed by atoms with van der Waals surface area (Å²) in [6.07, 6.45) is 1.56. The summed E-state index contributed by atoms with van der Waals surface area (Å²) in [6.45, 7) is 4.66. The quantitative estimate of drug-likeness (QED) is 0.561. The van der Waals surface area contributed by atoms with E-state index in [1.807, 2.05) is 51.0 Å². The van der Waals surface area contributed by atoms with Crippen molar-refractivity contribution < 1.29 is 17.9 Å². The van der Waals surface area contributed by atoms with Gasteiger partial charge in [-0.2, -0.15) is 4.31 Å². The van der Waals surface area contributed by atoms with E-state index < -0.39 is 10.0 Å². The van der Waals surface area contributed by atoms with Gasteiger partial charge in [0, 0.05) is 56.1 Å². The third-order valence-corrected chi connectivity index (χ3v) is 7.61. The normalized spacial score (nSPS) is 16.4. The summed E-state index contributed by atoms with van der Waals surface area (Å²) in [7, 11) is -0.0303. The molecule has 0 aliphatic carbocycles. The fraction of sp³-hybridized carbons (Fsp3) is 0.458. The van der Waals surface area contributed by atoms with Crippen molar-refractivity contribution in [1.82, 2.24) is 4.31 Å². The standard InChI is InChI=1S/C24H32ClN3O4S/c1-17(2)24(29)26-20-10-11-23(27(3)4)18(13-20)15-28(16-21-8-6-12-32-21)33(30,31)22-9-5-7-19(25)14-22/h5,7,9-11,13-14,17,21H,6,8,12,15-16H2,1-4H3,(H,26,29). The molecule has 33 heavy (non-hydrogen) atoms. The molecule has 1 aliphatic heterocycles. The Morgan fingerprint density at radius 1 is 1.21 bits per heavy atom. The number of benzene rings is 2. The van der Waals surface area contributed by atoms with Crippen LogP contribution in [-0.2, 0) is 26.1 Å². The number of ether oxygens (including phenoxy) is 1. The van der Waals surface area contributed by atoms with Gasteiger partial charge in [0.2, 0.25) is 15.9 Å². The van der Waals surface area contributed by atoms with E-state index in [9.17, 15) is 13.2 Å². The number of rotatable bonds is 9. The highest BCUT2D eigenvalue weighted by Gasteiger charge is 2.30. The van der Waals surface area contributed by atoms with Gasteiger partial charge in [-0.3, -0.25) is 4.79 Å². The number of hydrogen-bond donors (Lipinski definition) is 1. The van der Waals surface area contributed by atoms with E-state index in [4.69, 9.17) is 16.3 Å². The molecule has 0 saturated carbocycles. The highest BCUT2D eigenvalue weighted by Crippen LogP contribution is 2.29. The van der Waals surface area contributed by atoms with Crippen molar-refractivity contribution in [2.75, 3.05) is 37.5 Å². The lowest BCUT2D eigenvalue weighted by atomic mass is 10.1. The molecule has 1 fully saturated rings. The Balaban J connectivity index is 1.99. The summed E-state index contributed by atoms with van der Waals surface area (Å²) in [5.74, 6) is -0.262. The molecule has 0 radical (unpaired) electrons. The molecule has 7 nitrogen and oxygen atoms in total. The second-order valence-corrected chi connectivity index (χ2v) is 11.1. The first kappa shape index (κ1) is 25.5. The zero-order valence-corrected chi connectivity index (χ0v) is 21.1. The van der Waals surface area contributed by atoms with Crippen molar-refractivity contribution in [3.8, 4) is 0 Å². The molecule has 1 saturated heterocycles. The predicted octanol–water partition coefficient (Wildman–Crippen LogP) is 4.37.